The molecule has 2 aromatic rings. The van der Waals surface area contributed by atoms with Crippen LogP contribution in [0.3, 0.4) is 0 Å². The molecular weight excluding hydrogens is 284 g/mol. The maximum atomic E-state index is 12.4. The second kappa shape index (κ2) is 5.97. The van der Waals surface area contributed by atoms with Crippen LogP contribution >= 0.6 is 11.3 Å². The molecule has 3 rings (SSSR count). The molecule has 0 radical (unpaired) electrons. The van der Waals surface area contributed by atoms with Crippen molar-refractivity contribution in [2.24, 2.45) is 7.05 Å². The molecule has 0 N–H and O–H groups in total. The summed E-state index contributed by atoms with van der Waals surface area (Å²) in [4.78, 5) is 19.0. The zero-order valence-electron chi connectivity index (χ0n) is 12.5. The molecule has 6 heteroatoms. The first kappa shape index (κ1) is 14.3. The molecule has 1 aliphatic rings. The number of amides is 1. The molecule has 0 bridgehead atoms. The number of carbonyl (C=O) groups is 1. The molecule has 5 nitrogen and oxygen atoms in total. The Balaban J connectivity index is 1.64. The fraction of sp³-hybridized carbons (Fsp3) is 0.533. The third kappa shape index (κ3) is 3.32. The van der Waals surface area contributed by atoms with Gasteiger partial charge >= 0.3 is 0 Å². The average Bonchev–Trinajstić information content (AvgIpc) is 3.08. The summed E-state index contributed by atoms with van der Waals surface area (Å²) < 4.78 is 1.74. The Bertz CT molecular complexity index is 633. The van der Waals surface area contributed by atoms with Crippen molar-refractivity contribution in [3.8, 4) is 0 Å². The van der Waals surface area contributed by atoms with Crippen molar-refractivity contribution in [1.29, 1.82) is 0 Å². The lowest BCUT2D eigenvalue weighted by Crippen LogP contribution is -2.39. The molecule has 3 heterocycles. The zero-order valence-corrected chi connectivity index (χ0v) is 13.3. The third-order valence-electron chi connectivity index (χ3n) is 3.87. The molecule has 0 spiro atoms. The number of thiazole rings is 1. The third-order valence-corrected chi connectivity index (χ3v) is 5.00. The lowest BCUT2D eigenvalue weighted by molar-refractivity contribution is -0.131. The van der Waals surface area contributed by atoms with E-state index in [-0.39, 0.29) is 5.91 Å². The number of piperidine rings is 1. The molecule has 2 aromatic heterocycles. The fourth-order valence-electron chi connectivity index (χ4n) is 2.81. The fourth-order valence-corrected chi connectivity index (χ4v) is 3.74. The van der Waals surface area contributed by atoms with Crippen LogP contribution in [0, 0.1) is 6.92 Å². The molecule has 112 valence electrons. The van der Waals surface area contributed by atoms with E-state index in [1.807, 2.05) is 25.1 Å². The van der Waals surface area contributed by atoms with Gasteiger partial charge in [0.15, 0.2) is 0 Å². The first-order chi connectivity index (χ1) is 10.1. The molecular formula is C15H20N4OS. The van der Waals surface area contributed by atoms with Crippen molar-refractivity contribution in [3.05, 3.63) is 34.0 Å². The van der Waals surface area contributed by atoms with Crippen LogP contribution in [0.2, 0.25) is 0 Å². The van der Waals surface area contributed by atoms with E-state index in [0.29, 0.717) is 12.3 Å². The topological polar surface area (TPSA) is 51.0 Å². The number of likely N-dealkylation sites (tertiary alicyclic amines) is 1. The van der Waals surface area contributed by atoms with Gasteiger partial charge in [0.25, 0.3) is 0 Å². The van der Waals surface area contributed by atoms with Gasteiger partial charge in [-0.25, -0.2) is 4.98 Å². The first-order valence-electron chi connectivity index (χ1n) is 7.29. The second-order valence-electron chi connectivity index (χ2n) is 5.71. The van der Waals surface area contributed by atoms with Gasteiger partial charge in [-0.15, -0.1) is 11.3 Å². The molecule has 0 saturated carbocycles. The Labute approximate surface area is 128 Å². The van der Waals surface area contributed by atoms with Gasteiger partial charge in [0.05, 0.1) is 17.6 Å². The quantitative estimate of drug-likeness (QED) is 0.873. The minimum absolute atomic E-state index is 0.195. The summed E-state index contributed by atoms with van der Waals surface area (Å²) in [5, 5.41) is 7.38. The number of hydrogen-bond donors (Lipinski definition) is 0. The van der Waals surface area contributed by atoms with E-state index in [2.05, 4.69) is 15.5 Å². The smallest absolute Gasteiger partial charge is 0.227 e. The highest BCUT2D eigenvalue weighted by atomic mass is 32.1. The van der Waals surface area contributed by atoms with E-state index in [9.17, 15) is 4.79 Å². The molecule has 0 aromatic carbocycles. The summed E-state index contributed by atoms with van der Waals surface area (Å²) in [7, 11) is 1.87. The van der Waals surface area contributed by atoms with Crippen LogP contribution in [0.5, 0.6) is 0 Å². The summed E-state index contributed by atoms with van der Waals surface area (Å²) in [5.41, 5.74) is 2.06. The maximum Gasteiger partial charge on any atom is 0.227 e. The van der Waals surface area contributed by atoms with Gasteiger partial charge < -0.3 is 4.90 Å². The molecule has 0 aliphatic carbocycles. The molecule has 1 fully saturated rings. The molecule has 1 atom stereocenters. The summed E-state index contributed by atoms with van der Waals surface area (Å²) >= 11 is 1.71. The van der Waals surface area contributed by atoms with Gasteiger partial charge in [0.1, 0.15) is 0 Å². The molecule has 1 amide bonds. The van der Waals surface area contributed by atoms with Gasteiger partial charge in [-0.2, -0.15) is 5.10 Å². The lowest BCUT2D eigenvalue weighted by Gasteiger charge is -2.31. The molecule has 1 unspecified atom stereocenters. The minimum atomic E-state index is 0.195. The standard InChI is InChI=1S/C15H20N4OS/c1-11-10-21-15(17-11)13-4-3-5-19(9-13)14(20)6-12-7-16-18(2)8-12/h7-8,10,13H,3-6,9H2,1-2H3. The van der Waals surface area contributed by atoms with Crippen LogP contribution in [0.25, 0.3) is 0 Å². The number of rotatable bonds is 3. The predicted octanol–water partition coefficient (Wildman–Crippen LogP) is 2.13. The first-order valence-corrected chi connectivity index (χ1v) is 8.17. The summed E-state index contributed by atoms with van der Waals surface area (Å²) in [6.45, 7) is 3.68. The van der Waals surface area contributed by atoms with Crippen molar-refractivity contribution in [2.45, 2.75) is 32.1 Å². The van der Waals surface area contributed by atoms with Gasteiger partial charge in [-0.3, -0.25) is 9.48 Å². The van der Waals surface area contributed by atoms with Crippen molar-refractivity contribution in [3.63, 3.8) is 0 Å². The number of carbonyl (C=O) groups excluding carboxylic acids is 1. The number of aryl methyl sites for hydroxylation is 2. The zero-order chi connectivity index (χ0) is 14.8. The van der Waals surface area contributed by atoms with E-state index in [1.54, 1.807) is 22.2 Å². The van der Waals surface area contributed by atoms with Crippen LogP contribution in [0.15, 0.2) is 17.8 Å². The highest BCUT2D eigenvalue weighted by molar-refractivity contribution is 7.09. The Hall–Kier alpha value is -1.69. The van der Waals surface area contributed by atoms with E-state index in [1.165, 1.54) is 5.01 Å². The monoisotopic (exact) mass is 304 g/mol. The van der Waals surface area contributed by atoms with Gasteiger partial charge in [-0.1, -0.05) is 0 Å². The Kier molecular flexibility index (Phi) is 4.05. The van der Waals surface area contributed by atoms with E-state index >= 15 is 0 Å². The van der Waals surface area contributed by atoms with E-state index in [0.717, 1.165) is 37.2 Å². The number of aromatic nitrogens is 3. The number of hydrogen-bond acceptors (Lipinski definition) is 4. The van der Waals surface area contributed by atoms with Crippen molar-refractivity contribution < 1.29 is 4.79 Å². The van der Waals surface area contributed by atoms with E-state index < -0.39 is 0 Å². The highest BCUT2D eigenvalue weighted by Crippen LogP contribution is 2.29. The maximum absolute atomic E-state index is 12.4. The van der Waals surface area contributed by atoms with Crippen LogP contribution in [0.1, 0.15) is 35.0 Å². The predicted molar refractivity (Wildman–Crippen MR) is 82.3 cm³/mol. The normalized spacial score (nSPS) is 19.0. The number of nitrogens with zero attached hydrogens (tertiary/aromatic N) is 4. The Morgan fingerprint density at radius 2 is 2.38 bits per heavy atom. The highest BCUT2D eigenvalue weighted by Gasteiger charge is 2.26. The van der Waals surface area contributed by atoms with Gasteiger partial charge in [0.2, 0.25) is 5.91 Å². The largest absolute Gasteiger partial charge is 0.342 e. The second-order valence-corrected chi connectivity index (χ2v) is 6.59. The van der Waals surface area contributed by atoms with Gasteiger partial charge in [-0.05, 0) is 25.3 Å². The Morgan fingerprint density at radius 3 is 3.05 bits per heavy atom. The van der Waals surface area contributed by atoms with Crippen LogP contribution in [-0.2, 0) is 18.3 Å². The minimum Gasteiger partial charge on any atom is -0.342 e. The summed E-state index contributed by atoms with van der Waals surface area (Å²) in [6.07, 6.45) is 6.30. The summed E-state index contributed by atoms with van der Waals surface area (Å²) in [5.74, 6) is 0.594. The van der Waals surface area contributed by atoms with Crippen molar-refractivity contribution in [1.82, 2.24) is 19.7 Å². The molecule has 21 heavy (non-hydrogen) atoms. The SMILES string of the molecule is Cc1csc(C2CCCN(C(=O)Cc3cnn(C)c3)C2)n1. The average molecular weight is 304 g/mol. The molecule has 1 saturated heterocycles. The van der Waals surface area contributed by atoms with Crippen LogP contribution in [0.4, 0.5) is 0 Å². The van der Waals surface area contributed by atoms with Crippen molar-refractivity contribution >= 4 is 17.2 Å². The molecule has 1 aliphatic heterocycles. The van der Waals surface area contributed by atoms with Crippen molar-refractivity contribution in [2.75, 3.05) is 13.1 Å². The lowest BCUT2D eigenvalue weighted by atomic mass is 9.98. The summed E-state index contributed by atoms with van der Waals surface area (Å²) in [6, 6.07) is 0. The Morgan fingerprint density at radius 1 is 1.52 bits per heavy atom. The van der Waals surface area contributed by atoms with Crippen LogP contribution in [-0.4, -0.2) is 38.7 Å². The van der Waals surface area contributed by atoms with Crippen LogP contribution < -0.4 is 0 Å². The van der Waals surface area contributed by atoms with Gasteiger partial charge in [0, 0.05) is 43.3 Å². The van der Waals surface area contributed by atoms with E-state index in [4.69, 9.17) is 0 Å².